The van der Waals surface area contributed by atoms with Gasteiger partial charge in [-0.2, -0.15) is 0 Å². The maximum atomic E-state index is 12.8. The molecule has 0 heterocycles. The largest absolute Gasteiger partial charge is 0.488 e. The van der Waals surface area contributed by atoms with Crippen molar-refractivity contribution in [2.45, 2.75) is 19.6 Å². The molecule has 33 heavy (non-hydrogen) atoms. The Morgan fingerprint density at radius 2 is 1.70 bits per heavy atom. The van der Waals surface area contributed by atoms with E-state index in [1.54, 1.807) is 79.7 Å². The van der Waals surface area contributed by atoms with Gasteiger partial charge in [-0.1, -0.05) is 42.5 Å². The van der Waals surface area contributed by atoms with Crippen molar-refractivity contribution in [1.29, 1.82) is 0 Å². The van der Waals surface area contributed by atoms with Crippen LogP contribution in [-0.2, 0) is 16.6 Å². The van der Waals surface area contributed by atoms with Gasteiger partial charge in [-0.25, -0.2) is 8.42 Å². The summed E-state index contributed by atoms with van der Waals surface area (Å²) < 4.78 is 31.5. The predicted octanol–water partition coefficient (Wildman–Crippen LogP) is 3.23. The molecule has 0 aliphatic carbocycles. The number of rotatable bonds is 9. The summed E-state index contributed by atoms with van der Waals surface area (Å²) in [5.41, 5.74) is 7.85. The molecule has 3 aromatic rings. The zero-order valence-electron chi connectivity index (χ0n) is 18.2. The van der Waals surface area contributed by atoms with Gasteiger partial charge in [0, 0.05) is 5.56 Å². The number of hydrogen-bond donors (Lipinski definition) is 3. The van der Waals surface area contributed by atoms with Crippen molar-refractivity contribution in [3.63, 3.8) is 0 Å². The second-order valence-corrected chi connectivity index (χ2v) is 9.25. The van der Waals surface area contributed by atoms with Gasteiger partial charge in [0.1, 0.15) is 12.4 Å². The van der Waals surface area contributed by atoms with Crippen molar-refractivity contribution in [1.82, 2.24) is 5.32 Å². The van der Waals surface area contributed by atoms with E-state index in [1.165, 1.54) is 0 Å². The summed E-state index contributed by atoms with van der Waals surface area (Å²) in [7, 11) is -3.46. The molecule has 3 rings (SSSR count). The van der Waals surface area contributed by atoms with E-state index in [9.17, 15) is 18.0 Å². The van der Waals surface area contributed by atoms with E-state index < -0.39 is 22.0 Å². The number of hydrogen-bond acceptors (Lipinski definition) is 5. The summed E-state index contributed by atoms with van der Waals surface area (Å²) in [6.07, 6.45) is 1.07. The van der Waals surface area contributed by atoms with Gasteiger partial charge in [-0.15, -0.1) is 0 Å². The van der Waals surface area contributed by atoms with E-state index in [2.05, 4.69) is 10.0 Å². The van der Waals surface area contributed by atoms with Crippen LogP contribution in [0.1, 0.15) is 44.8 Å². The van der Waals surface area contributed by atoms with Crippen LogP contribution in [-0.4, -0.2) is 26.5 Å². The van der Waals surface area contributed by atoms with E-state index in [0.29, 0.717) is 22.6 Å². The number of nitrogens with two attached hydrogens (primary N) is 1. The van der Waals surface area contributed by atoms with Crippen LogP contribution in [0.25, 0.3) is 0 Å². The first kappa shape index (κ1) is 23.8. The van der Waals surface area contributed by atoms with Gasteiger partial charge in [0.05, 0.1) is 23.5 Å². The Hall–Kier alpha value is -3.85. The van der Waals surface area contributed by atoms with Crippen LogP contribution in [0.15, 0.2) is 72.8 Å². The molecular weight excluding hydrogens is 442 g/mol. The van der Waals surface area contributed by atoms with E-state index in [0.717, 1.165) is 11.8 Å². The maximum absolute atomic E-state index is 12.8. The van der Waals surface area contributed by atoms with Gasteiger partial charge >= 0.3 is 0 Å². The number of amides is 2. The number of anilines is 1. The zero-order chi connectivity index (χ0) is 24.0. The number of carbonyl (C=O) groups is 2. The molecule has 0 saturated heterocycles. The summed E-state index contributed by atoms with van der Waals surface area (Å²) >= 11 is 0. The lowest BCUT2D eigenvalue weighted by Crippen LogP contribution is -2.27. The lowest BCUT2D eigenvalue weighted by atomic mass is 10.1. The van der Waals surface area contributed by atoms with Gasteiger partial charge in [-0.3, -0.25) is 14.3 Å². The SMILES string of the molecule is CC(NC(=O)c1cccc(COc2ccccc2C(N)=O)c1)c1ccccc1NS(C)(=O)=O. The fourth-order valence-electron chi connectivity index (χ4n) is 3.28. The Balaban J connectivity index is 1.71. The summed E-state index contributed by atoms with van der Waals surface area (Å²) in [6.45, 7) is 1.91. The lowest BCUT2D eigenvalue weighted by molar-refractivity contribution is 0.0939. The van der Waals surface area contributed by atoms with Crippen molar-refractivity contribution in [3.05, 3.63) is 95.1 Å². The topological polar surface area (TPSA) is 128 Å². The first-order valence-corrected chi connectivity index (χ1v) is 12.0. The molecule has 2 amide bonds. The number of sulfonamides is 1. The third-order valence-corrected chi connectivity index (χ3v) is 5.40. The molecule has 1 unspecified atom stereocenters. The lowest BCUT2D eigenvalue weighted by Gasteiger charge is -2.18. The minimum Gasteiger partial charge on any atom is -0.488 e. The van der Waals surface area contributed by atoms with E-state index in [1.807, 2.05) is 0 Å². The average molecular weight is 468 g/mol. The fraction of sp³-hybridized carbons (Fsp3) is 0.167. The molecule has 0 fully saturated rings. The average Bonchev–Trinajstić information content (AvgIpc) is 2.77. The molecule has 172 valence electrons. The monoisotopic (exact) mass is 467 g/mol. The smallest absolute Gasteiger partial charge is 0.252 e. The molecule has 0 bridgehead atoms. The Morgan fingerprint density at radius 1 is 1.00 bits per heavy atom. The summed E-state index contributed by atoms with van der Waals surface area (Å²) in [5.74, 6) is -0.544. The minimum absolute atomic E-state index is 0.141. The number of para-hydroxylation sites is 2. The van der Waals surface area contributed by atoms with E-state index in [4.69, 9.17) is 10.5 Å². The molecule has 8 nitrogen and oxygen atoms in total. The van der Waals surface area contributed by atoms with Crippen molar-refractivity contribution in [2.24, 2.45) is 5.73 Å². The quantitative estimate of drug-likeness (QED) is 0.445. The Morgan fingerprint density at radius 3 is 2.42 bits per heavy atom. The molecule has 0 saturated carbocycles. The number of carbonyl (C=O) groups excluding carboxylic acids is 2. The van der Waals surface area contributed by atoms with Crippen molar-refractivity contribution in [3.8, 4) is 5.75 Å². The molecule has 0 radical (unpaired) electrons. The van der Waals surface area contributed by atoms with Gasteiger partial charge in [0.2, 0.25) is 10.0 Å². The predicted molar refractivity (Wildman–Crippen MR) is 127 cm³/mol. The highest BCUT2D eigenvalue weighted by molar-refractivity contribution is 7.92. The molecule has 0 aliphatic heterocycles. The van der Waals surface area contributed by atoms with Crippen LogP contribution in [0, 0.1) is 0 Å². The highest BCUT2D eigenvalue weighted by Gasteiger charge is 2.16. The minimum atomic E-state index is -3.46. The van der Waals surface area contributed by atoms with Gasteiger partial charge < -0.3 is 15.8 Å². The number of benzene rings is 3. The number of nitrogens with one attached hydrogen (secondary N) is 2. The van der Waals surface area contributed by atoms with Crippen LogP contribution in [0.4, 0.5) is 5.69 Å². The van der Waals surface area contributed by atoms with E-state index in [-0.39, 0.29) is 18.1 Å². The summed E-state index contributed by atoms with van der Waals surface area (Å²) in [6, 6.07) is 20.0. The second kappa shape index (κ2) is 10.2. The molecule has 0 aliphatic rings. The van der Waals surface area contributed by atoms with Crippen LogP contribution in [0.5, 0.6) is 5.75 Å². The molecular formula is C24H25N3O5S. The maximum Gasteiger partial charge on any atom is 0.252 e. The molecule has 3 aromatic carbocycles. The second-order valence-electron chi connectivity index (χ2n) is 7.51. The standard InChI is InChI=1S/C24H25N3O5S/c1-16(19-10-3-5-12-21(19)27-33(2,30)31)26-24(29)18-9-7-8-17(14-18)15-32-22-13-6-4-11-20(22)23(25)28/h3-14,16,27H,15H2,1-2H3,(H2,25,28)(H,26,29). The first-order valence-electron chi connectivity index (χ1n) is 10.1. The van der Waals surface area contributed by atoms with Gasteiger partial charge in [-0.05, 0) is 48.4 Å². The first-order chi connectivity index (χ1) is 15.6. The molecule has 0 aromatic heterocycles. The number of primary amides is 1. The Labute approximate surface area is 192 Å². The van der Waals surface area contributed by atoms with Crippen LogP contribution in [0.3, 0.4) is 0 Å². The third-order valence-electron chi connectivity index (χ3n) is 4.81. The molecule has 4 N–H and O–H groups in total. The van der Waals surface area contributed by atoms with Crippen LogP contribution in [0.2, 0.25) is 0 Å². The molecule has 1 atom stereocenters. The highest BCUT2D eigenvalue weighted by atomic mass is 32.2. The van der Waals surface area contributed by atoms with Gasteiger partial charge in [0.15, 0.2) is 0 Å². The summed E-state index contributed by atoms with van der Waals surface area (Å²) in [4.78, 5) is 24.4. The van der Waals surface area contributed by atoms with Crippen molar-refractivity contribution >= 4 is 27.5 Å². The van der Waals surface area contributed by atoms with Crippen molar-refractivity contribution in [2.75, 3.05) is 11.0 Å². The number of ether oxygens (including phenoxy) is 1. The Kier molecular flexibility index (Phi) is 7.34. The molecule has 9 heteroatoms. The van der Waals surface area contributed by atoms with E-state index >= 15 is 0 Å². The van der Waals surface area contributed by atoms with Crippen LogP contribution < -0.4 is 20.5 Å². The third kappa shape index (κ3) is 6.56. The normalized spacial score (nSPS) is 11.9. The summed E-state index contributed by atoms with van der Waals surface area (Å²) in [5, 5.41) is 2.89. The Bertz CT molecular complexity index is 1270. The zero-order valence-corrected chi connectivity index (χ0v) is 19.1. The fourth-order valence-corrected chi connectivity index (χ4v) is 3.87. The molecule has 0 spiro atoms. The highest BCUT2D eigenvalue weighted by Crippen LogP contribution is 2.24. The van der Waals surface area contributed by atoms with Crippen LogP contribution >= 0.6 is 0 Å². The van der Waals surface area contributed by atoms with Gasteiger partial charge in [0.25, 0.3) is 11.8 Å². The van der Waals surface area contributed by atoms with Crippen molar-refractivity contribution < 1.29 is 22.7 Å².